The van der Waals surface area contributed by atoms with Crippen LogP contribution in [0.1, 0.15) is 48.8 Å². The van der Waals surface area contributed by atoms with E-state index in [0.717, 1.165) is 55.0 Å². The minimum atomic E-state index is -0.194. The second kappa shape index (κ2) is 8.52. The highest BCUT2D eigenvalue weighted by molar-refractivity contribution is 5.92. The number of phenols is 1. The van der Waals surface area contributed by atoms with Crippen molar-refractivity contribution in [2.45, 2.75) is 62.1 Å². The molecule has 2 aliphatic heterocycles. The van der Waals surface area contributed by atoms with Gasteiger partial charge >= 0.3 is 0 Å². The van der Waals surface area contributed by atoms with Crippen molar-refractivity contribution >= 4 is 12.0 Å². The predicted octanol–water partition coefficient (Wildman–Crippen LogP) is 4.39. The Hall–Kier alpha value is -2.99. The fourth-order valence-corrected chi connectivity index (χ4v) is 8.07. The first-order chi connectivity index (χ1) is 18.0. The molecule has 0 radical (unpaired) electrons. The number of amides is 1. The number of aromatic hydroxyl groups is 1. The first-order valence-corrected chi connectivity index (χ1v) is 13.8. The average molecular weight is 501 g/mol. The summed E-state index contributed by atoms with van der Waals surface area (Å²) in [6.07, 6.45) is 9.97. The topological polar surface area (TPSA) is 62.2 Å². The van der Waals surface area contributed by atoms with Crippen LogP contribution in [0.5, 0.6) is 17.2 Å². The Bertz CT molecular complexity index is 1260. The van der Waals surface area contributed by atoms with Crippen LogP contribution in [0, 0.1) is 11.8 Å². The third-order valence-corrected chi connectivity index (χ3v) is 9.96. The van der Waals surface area contributed by atoms with Crippen molar-refractivity contribution in [1.29, 1.82) is 0 Å². The lowest BCUT2D eigenvalue weighted by atomic mass is 9.50. The SMILES string of the molecule is COc1cc(O)c2c3c1O[C@H]1[C@@H](N(C)C(=O)C=Cc4ccccc4)CC[C@H]4[C@@H](C2)N(CC2CC2)CC[C@@]341. The van der Waals surface area contributed by atoms with E-state index in [0.29, 0.717) is 23.5 Å². The van der Waals surface area contributed by atoms with Crippen molar-refractivity contribution in [1.82, 2.24) is 9.80 Å². The number of nitrogens with zero attached hydrogens (tertiary/aromatic N) is 2. The highest BCUT2D eigenvalue weighted by atomic mass is 16.5. The summed E-state index contributed by atoms with van der Waals surface area (Å²) in [6, 6.07) is 12.1. The number of hydrogen-bond donors (Lipinski definition) is 1. The van der Waals surface area contributed by atoms with Gasteiger partial charge in [0.05, 0.1) is 13.2 Å². The molecule has 5 aliphatic rings. The van der Waals surface area contributed by atoms with Crippen LogP contribution in [0.4, 0.5) is 0 Å². The summed E-state index contributed by atoms with van der Waals surface area (Å²) >= 11 is 0. The molecule has 2 aromatic carbocycles. The number of likely N-dealkylation sites (N-methyl/N-ethyl adjacent to an activating group) is 1. The van der Waals surface area contributed by atoms with Crippen LogP contribution in [0.2, 0.25) is 0 Å². The summed E-state index contributed by atoms with van der Waals surface area (Å²) in [5.74, 6) is 3.03. The van der Waals surface area contributed by atoms with E-state index >= 15 is 0 Å². The number of phenolic OH excluding ortho intramolecular Hbond substituents is 1. The van der Waals surface area contributed by atoms with E-state index < -0.39 is 0 Å². The van der Waals surface area contributed by atoms with Crippen molar-refractivity contribution in [2.75, 3.05) is 27.2 Å². The molecule has 3 aliphatic carbocycles. The molecule has 37 heavy (non-hydrogen) atoms. The maximum atomic E-state index is 13.4. The Morgan fingerprint density at radius 3 is 2.81 bits per heavy atom. The number of likely N-dealkylation sites (tertiary alicyclic amines) is 1. The van der Waals surface area contributed by atoms with Gasteiger partial charge < -0.3 is 19.5 Å². The molecule has 5 atom stereocenters. The number of piperidine rings is 1. The number of carbonyl (C=O) groups is 1. The summed E-state index contributed by atoms with van der Waals surface area (Å²) in [5, 5.41) is 11.1. The van der Waals surface area contributed by atoms with Crippen molar-refractivity contribution in [3.05, 3.63) is 59.2 Å². The van der Waals surface area contributed by atoms with E-state index in [1.54, 1.807) is 19.3 Å². The maximum Gasteiger partial charge on any atom is 0.246 e. The van der Waals surface area contributed by atoms with Gasteiger partial charge in [0, 0.05) is 48.3 Å². The normalized spacial score (nSPS) is 31.6. The van der Waals surface area contributed by atoms with Crippen molar-refractivity contribution < 1.29 is 19.4 Å². The Morgan fingerprint density at radius 1 is 1.24 bits per heavy atom. The molecule has 1 amide bonds. The summed E-state index contributed by atoms with van der Waals surface area (Å²) < 4.78 is 12.6. The molecule has 0 aromatic heterocycles. The zero-order chi connectivity index (χ0) is 25.3. The number of methoxy groups -OCH3 is 1. The fourth-order valence-electron chi connectivity index (χ4n) is 8.07. The second-order valence-corrected chi connectivity index (χ2v) is 11.8. The van der Waals surface area contributed by atoms with E-state index in [1.807, 2.05) is 48.4 Å². The van der Waals surface area contributed by atoms with Crippen molar-refractivity contribution in [3.8, 4) is 17.2 Å². The van der Waals surface area contributed by atoms with E-state index in [-0.39, 0.29) is 23.5 Å². The van der Waals surface area contributed by atoms with Gasteiger partial charge in [0.15, 0.2) is 11.5 Å². The molecule has 2 saturated carbocycles. The van der Waals surface area contributed by atoms with Crippen LogP contribution in [0.25, 0.3) is 6.08 Å². The average Bonchev–Trinajstić information content (AvgIpc) is 3.67. The van der Waals surface area contributed by atoms with Gasteiger partial charge in [-0.05, 0) is 68.5 Å². The van der Waals surface area contributed by atoms with Crippen LogP contribution in [0.15, 0.2) is 42.5 Å². The molecule has 3 fully saturated rings. The molecule has 1 N–H and O–H groups in total. The van der Waals surface area contributed by atoms with Gasteiger partial charge in [0.2, 0.25) is 5.91 Å². The lowest BCUT2D eigenvalue weighted by Gasteiger charge is -2.60. The van der Waals surface area contributed by atoms with Gasteiger partial charge in [-0.3, -0.25) is 9.69 Å². The quantitative estimate of drug-likeness (QED) is 0.596. The molecule has 2 heterocycles. The second-order valence-electron chi connectivity index (χ2n) is 11.8. The smallest absolute Gasteiger partial charge is 0.246 e. The van der Waals surface area contributed by atoms with Gasteiger partial charge in [-0.25, -0.2) is 0 Å². The molecule has 7 rings (SSSR count). The standard InChI is InChI=1S/C31H36N2O4/c1-32(27(35)13-10-19-6-4-3-5-7-19)23-12-11-22-24-16-21-25(34)17-26(36-2)29-28(21)31(22,30(23)37-29)14-15-33(24)18-20-8-9-20/h3-7,10,13,17,20,22-24,30,34H,8-9,11-12,14-16,18H2,1-2H3/t22-,23-,24+,30-,31-/m0/s1. The Labute approximate surface area is 218 Å². The molecule has 6 heteroatoms. The molecular weight excluding hydrogens is 464 g/mol. The lowest BCUT2D eigenvalue weighted by Crippen LogP contribution is -2.69. The van der Waals surface area contributed by atoms with Gasteiger partial charge in [-0.1, -0.05) is 30.3 Å². The maximum absolute atomic E-state index is 13.4. The van der Waals surface area contributed by atoms with Crippen LogP contribution in [0.3, 0.4) is 0 Å². The summed E-state index contributed by atoms with van der Waals surface area (Å²) in [4.78, 5) is 18.0. The van der Waals surface area contributed by atoms with Crippen LogP contribution >= 0.6 is 0 Å². The zero-order valence-electron chi connectivity index (χ0n) is 21.7. The third kappa shape index (κ3) is 3.44. The predicted molar refractivity (Wildman–Crippen MR) is 142 cm³/mol. The molecule has 2 aromatic rings. The fraction of sp³-hybridized carbons (Fsp3) is 0.516. The van der Waals surface area contributed by atoms with Crippen molar-refractivity contribution in [3.63, 3.8) is 0 Å². The van der Waals surface area contributed by atoms with Crippen LogP contribution < -0.4 is 9.47 Å². The van der Waals surface area contributed by atoms with Gasteiger partial charge in [0.25, 0.3) is 0 Å². The summed E-state index contributed by atoms with van der Waals surface area (Å²) in [6.45, 7) is 2.22. The molecule has 1 saturated heterocycles. The number of rotatable bonds is 6. The van der Waals surface area contributed by atoms with E-state index in [1.165, 1.54) is 24.9 Å². The highest BCUT2D eigenvalue weighted by Gasteiger charge is 2.67. The van der Waals surface area contributed by atoms with E-state index in [2.05, 4.69) is 4.90 Å². The molecule has 0 unspecified atom stereocenters. The van der Waals surface area contributed by atoms with Crippen LogP contribution in [-0.4, -0.2) is 66.2 Å². The Balaban J connectivity index is 1.26. The molecule has 2 bridgehead atoms. The molecule has 194 valence electrons. The number of benzene rings is 2. The van der Waals surface area contributed by atoms with Crippen LogP contribution in [-0.2, 0) is 16.6 Å². The van der Waals surface area contributed by atoms with Crippen molar-refractivity contribution in [2.24, 2.45) is 11.8 Å². The molecule has 1 spiro atoms. The van der Waals surface area contributed by atoms with E-state index in [4.69, 9.17) is 9.47 Å². The third-order valence-electron chi connectivity index (χ3n) is 9.96. The Morgan fingerprint density at radius 2 is 2.05 bits per heavy atom. The van der Waals surface area contributed by atoms with Gasteiger partial charge in [-0.15, -0.1) is 0 Å². The lowest BCUT2D eigenvalue weighted by molar-refractivity contribution is -0.135. The van der Waals surface area contributed by atoms with Gasteiger partial charge in [0.1, 0.15) is 11.9 Å². The monoisotopic (exact) mass is 500 g/mol. The summed E-state index contributed by atoms with van der Waals surface area (Å²) in [5.41, 5.74) is 3.03. The molecular formula is C31H36N2O4. The first-order valence-electron chi connectivity index (χ1n) is 13.8. The highest BCUT2D eigenvalue weighted by Crippen LogP contribution is 2.65. The summed E-state index contributed by atoms with van der Waals surface area (Å²) in [7, 11) is 3.56. The van der Waals surface area contributed by atoms with Gasteiger partial charge in [-0.2, -0.15) is 0 Å². The Kier molecular flexibility index (Phi) is 5.33. The number of carbonyl (C=O) groups excluding carboxylic acids is 1. The number of ether oxygens (including phenoxy) is 2. The largest absolute Gasteiger partial charge is 0.508 e. The minimum absolute atomic E-state index is 0.00294. The minimum Gasteiger partial charge on any atom is -0.508 e. The number of hydrogen-bond acceptors (Lipinski definition) is 5. The van der Waals surface area contributed by atoms with E-state index in [9.17, 15) is 9.90 Å². The molecule has 6 nitrogen and oxygen atoms in total. The zero-order valence-corrected chi connectivity index (χ0v) is 21.7. The first kappa shape index (κ1) is 23.2.